The number of aromatic hydroxyl groups is 2. The van der Waals surface area contributed by atoms with Crippen molar-refractivity contribution in [3.05, 3.63) is 96.8 Å². The average Bonchev–Trinajstić information content (AvgIpc) is 4.26. The smallest absolute Gasteiger partial charge is 0.319 e. The van der Waals surface area contributed by atoms with Gasteiger partial charge in [-0.05, 0) is 162 Å². The lowest BCUT2D eigenvalue weighted by molar-refractivity contribution is 0.107. The highest BCUT2D eigenvalue weighted by Gasteiger charge is 2.46. The Hall–Kier alpha value is -7.12. The molecule has 18 heteroatoms. The van der Waals surface area contributed by atoms with Crippen LogP contribution in [0, 0.1) is 11.6 Å². The first-order chi connectivity index (χ1) is 38.9. The summed E-state index contributed by atoms with van der Waals surface area (Å²) in [5.41, 5.74) is 1.54. The normalized spacial score (nSPS) is 21.9. The molecule has 0 aliphatic carbocycles. The standard InChI is InChI=1S/2C31H34FN5O3/c1-19-14-21(38)8-13-37(19)29-25-17-33-27(24-16-22(39)15-20-6-2-3-7-23(20)24)26(32)28(25)34-30(35-29)40-18-31-9-4-11-36(31)12-5-10-31;32-26-27(24-17-22(39)16-20-6-1-2-8-23(20)24)33-18-25-28(26)34-30(35-29(25)36-12-3-7-21(38)9-15-36)40-19-31-10-4-13-37(31)14-5-11-31/h2-3,6-7,15-17,19,21,38-39H,4-5,8-14,18H2,1H3;1-2,6,8,16-18,21,38-39H,3-5,7,9-15,19H2. The van der Waals surface area contributed by atoms with E-state index in [1.54, 1.807) is 36.7 Å². The van der Waals surface area contributed by atoms with Crippen molar-refractivity contribution in [1.82, 2.24) is 39.7 Å². The number of nitrogens with zero attached hydrogens (tertiary/aromatic N) is 10. The van der Waals surface area contributed by atoms with Crippen LogP contribution in [0.3, 0.4) is 0 Å². The van der Waals surface area contributed by atoms with E-state index in [2.05, 4.69) is 39.5 Å². The van der Waals surface area contributed by atoms with E-state index in [9.17, 15) is 20.4 Å². The number of hydrogen-bond acceptors (Lipinski definition) is 16. The number of pyridine rings is 2. The highest BCUT2D eigenvalue weighted by molar-refractivity contribution is 6.01. The number of aliphatic hydroxyl groups is 2. The summed E-state index contributed by atoms with van der Waals surface area (Å²) in [5, 5.41) is 45.5. The van der Waals surface area contributed by atoms with Crippen molar-refractivity contribution in [2.45, 2.75) is 120 Å². The van der Waals surface area contributed by atoms with Gasteiger partial charge in [0.15, 0.2) is 11.6 Å². The zero-order chi connectivity index (χ0) is 54.7. The van der Waals surface area contributed by atoms with Gasteiger partial charge in [0.05, 0.1) is 34.1 Å². The minimum absolute atomic E-state index is 0.00341. The monoisotopic (exact) mass is 1090 g/mol. The lowest BCUT2D eigenvalue weighted by atomic mass is 9.95. The Morgan fingerprint density at radius 3 is 1.56 bits per heavy atom. The molecule has 80 heavy (non-hydrogen) atoms. The SMILES string of the molecule is CC1CC(O)CCN1c1nc(OCC23CCCN2CCC3)nc2c(F)c(-c3cc(O)cc4ccccc34)ncc12.Oc1cc(-c2ncc3c(N4CCCC(O)CC4)nc(OCC45CCCN4CCC5)nc3c2F)c2ccccc2c1. The Bertz CT molecular complexity index is 3630. The Morgan fingerprint density at radius 1 is 0.550 bits per heavy atom. The second-order valence-corrected chi connectivity index (χ2v) is 23.2. The van der Waals surface area contributed by atoms with Crippen molar-refractivity contribution < 1.29 is 38.7 Å². The van der Waals surface area contributed by atoms with E-state index in [-0.39, 0.29) is 75.3 Å². The summed E-state index contributed by atoms with van der Waals surface area (Å²) in [4.78, 5) is 37.2. The molecule has 8 aromatic rings. The number of aromatic nitrogens is 6. The predicted molar refractivity (Wildman–Crippen MR) is 304 cm³/mol. The molecule has 4 N–H and O–H groups in total. The Morgan fingerprint density at radius 2 is 1.04 bits per heavy atom. The summed E-state index contributed by atoms with van der Waals surface area (Å²) >= 11 is 0. The predicted octanol–water partition coefficient (Wildman–Crippen LogP) is 10.1. The second-order valence-electron chi connectivity index (χ2n) is 23.2. The average molecular weight is 1090 g/mol. The third-order valence-corrected chi connectivity index (χ3v) is 18.2. The maximum absolute atomic E-state index is 16.5. The Kier molecular flexibility index (Phi) is 14.0. The lowest BCUT2D eigenvalue weighted by Crippen LogP contribution is -2.44. The summed E-state index contributed by atoms with van der Waals surface area (Å²) in [5.74, 6) is 0.0962. The van der Waals surface area contributed by atoms with Gasteiger partial charge in [-0.3, -0.25) is 19.8 Å². The summed E-state index contributed by atoms with van der Waals surface area (Å²) in [6, 6.07) is 21.8. The first-order valence-electron chi connectivity index (χ1n) is 28.7. The van der Waals surface area contributed by atoms with Gasteiger partial charge < -0.3 is 39.7 Å². The van der Waals surface area contributed by atoms with Gasteiger partial charge in [0.1, 0.15) is 58.8 Å². The van der Waals surface area contributed by atoms with Crippen LogP contribution in [0.15, 0.2) is 85.2 Å². The Balaban J connectivity index is 0.000000151. The number of aliphatic hydroxyl groups excluding tert-OH is 2. The molecule has 6 aliphatic heterocycles. The fraction of sp³-hybridized carbons (Fsp3) is 0.452. The highest BCUT2D eigenvalue weighted by Crippen LogP contribution is 2.43. The van der Waals surface area contributed by atoms with Crippen LogP contribution in [0.1, 0.15) is 90.4 Å². The van der Waals surface area contributed by atoms with Crippen molar-refractivity contribution in [3.63, 3.8) is 0 Å². The number of ether oxygens (including phenoxy) is 2. The lowest BCUT2D eigenvalue weighted by Gasteiger charge is -2.37. The van der Waals surface area contributed by atoms with E-state index in [1.165, 1.54) is 0 Å². The maximum Gasteiger partial charge on any atom is 0.319 e. The van der Waals surface area contributed by atoms with Crippen LogP contribution in [0.4, 0.5) is 20.4 Å². The van der Waals surface area contributed by atoms with Crippen molar-refractivity contribution in [2.75, 3.05) is 68.8 Å². The zero-order valence-corrected chi connectivity index (χ0v) is 45.2. The van der Waals surface area contributed by atoms with E-state index in [4.69, 9.17) is 19.4 Å². The first kappa shape index (κ1) is 52.3. The molecule has 6 saturated heterocycles. The molecule has 10 heterocycles. The van der Waals surface area contributed by atoms with Crippen LogP contribution >= 0.6 is 0 Å². The molecule has 4 aromatic carbocycles. The summed E-state index contributed by atoms with van der Waals surface area (Å²) in [6.07, 6.45) is 14.8. The number of anilines is 2. The molecule has 3 unspecified atom stereocenters. The molecular weight excluding hydrogens is 1020 g/mol. The molecule has 0 radical (unpaired) electrons. The maximum atomic E-state index is 16.5. The van der Waals surface area contributed by atoms with Gasteiger partial charge in [-0.1, -0.05) is 48.5 Å². The second kappa shape index (κ2) is 21.4. The van der Waals surface area contributed by atoms with E-state index >= 15 is 8.78 Å². The summed E-state index contributed by atoms with van der Waals surface area (Å²) in [6.45, 7) is 9.23. The van der Waals surface area contributed by atoms with Crippen molar-refractivity contribution in [2.24, 2.45) is 0 Å². The van der Waals surface area contributed by atoms with Crippen molar-refractivity contribution in [3.8, 4) is 46.0 Å². The van der Waals surface area contributed by atoms with Gasteiger partial charge in [-0.15, -0.1) is 0 Å². The molecule has 0 saturated carbocycles. The number of benzene rings is 4. The fourth-order valence-corrected chi connectivity index (χ4v) is 14.1. The van der Waals surface area contributed by atoms with Crippen LogP contribution in [-0.4, -0.2) is 148 Å². The Labute approximate surface area is 463 Å². The van der Waals surface area contributed by atoms with Gasteiger partial charge >= 0.3 is 12.0 Å². The van der Waals surface area contributed by atoms with Gasteiger partial charge in [-0.25, -0.2) is 8.78 Å². The third-order valence-electron chi connectivity index (χ3n) is 18.2. The van der Waals surface area contributed by atoms with E-state index < -0.39 is 11.6 Å². The van der Waals surface area contributed by atoms with Gasteiger partial charge in [-0.2, -0.15) is 19.9 Å². The molecule has 0 amide bonds. The van der Waals surface area contributed by atoms with Crippen LogP contribution < -0.4 is 19.3 Å². The third kappa shape index (κ3) is 9.70. The molecule has 6 aliphatic rings. The summed E-state index contributed by atoms with van der Waals surface area (Å²) in [7, 11) is 0. The molecule has 16 nitrogen and oxygen atoms in total. The molecule has 0 bridgehead atoms. The zero-order valence-electron chi connectivity index (χ0n) is 45.2. The topological polar surface area (TPSA) is 190 Å². The van der Waals surface area contributed by atoms with Crippen LogP contribution in [0.2, 0.25) is 0 Å². The highest BCUT2D eigenvalue weighted by atomic mass is 19.1. The van der Waals surface area contributed by atoms with Crippen LogP contribution in [-0.2, 0) is 0 Å². The van der Waals surface area contributed by atoms with Gasteiger partial charge in [0.25, 0.3) is 0 Å². The molecule has 3 atom stereocenters. The number of phenolic OH excluding ortho intramolecular Hbond substituents is 2. The van der Waals surface area contributed by atoms with E-state index in [0.29, 0.717) is 85.6 Å². The molecular formula is C62H68F2N10O6. The number of phenols is 2. The number of piperidine rings is 1. The van der Waals surface area contributed by atoms with Crippen molar-refractivity contribution in [1.29, 1.82) is 0 Å². The molecule has 0 spiro atoms. The first-order valence-corrected chi connectivity index (χ1v) is 28.7. The summed E-state index contributed by atoms with van der Waals surface area (Å²) < 4.78 is 45.6. The van der Waals surface area contributed by atoms with E-state index in [0.717, 1.165) is 112 Å². The largest absolute Gasteiger partial charge is 0.508 e. The van der Waals surface area contributed by atoms with Crippen LogP contribution in [0.5, 0.6) is 23.5 Å². The number of rotatable bonds is 10. The molecule has 14 rings (SSSR count). The minimum atomic E-state index is -0.576. The molecule has 4 aromatic heterocycles. The van der Waals surface area contributed by atoms with Crippen LogP contribution in [0.25, 0.3) is 65.9 Å². The van der Waals surface area contributed by atoms with Crippen molar-refractivity contribution >= 4 is 55.0 Å². The number of hydrogen-bond donors (Lipinski definition) is 4. The quantitative estimate of drug-likeness (QED) is 0.101. The number of fused-ring (bicyclic) bond motifs is 6. The van der Waals surface area contributed by atoms with E-state index in [1.807, 2.05) is 55.5 Å². The molecule has 6 fully saturated rings. The van der Waals surface area contributed by atoms with Gasteiger partial charge in [0.2, 0.25) is 0 Å². The minimum Gasteiger partial charge on any atom is -0.508 e. The number of halogens is 2. The molecule has 416 valence electrons. The van der Waals surface area contributed by atoms with Gasteiger partial charge in [0, 0.05) is 49.2 Å². The fourth-order valence-electron chi connectivity index (χ4n) is 14.1.